The lowest BCUT2D eigenvalue weighted by Gasteiger charge is -2.14. The molecule has 0 saturated heterocycles. The summed E-state index contributed by atoms with van der Waals surface area (Å²) in [6.07, 6.45) is -0.747. The van der Waals surface area contributed by atoms with E-state index in [-0.39, 0.29) is 11.3 Å². The Kier molecular flexibility index (Phi) is 4.42. The summed E-state index contributed by atoms with van der Waals surface area (Å²) in [5, 5.41) is 2.26. The van der Waals surface area contributed by atoms with Gasteiger partial charge in [-0.2, -0.15) is 13.2 Å². The van der Waals surface area contributed by atoms with E-state index in [2.05, 4.69) is 20.3 Å². The number of rotatable bonds is 3. The fraction of sp³-hybridized carbons (Fsp3) is 0.0588. The normalized spacial score (nSPS) is 11.2. The van der Waals surface area contributed by atoms with Crippen LogP contribution in [0.3, 0.4) is 0 Å². The van der Waals surface area contributed by atoms with Gasteiger partial charge in [-0.05, 0) is 24.3 Å². The summed E-state index contributed by atoms with van der Waals surface area (Å²) in [6, 6.07) is 10.5. The SMILES string of the molecule is O=C(Nc1ccc(-c2cncnc2)nc1C(F)(F)F)c1ccccc1. The average Bonchev–Trinajstić information content (AvgIpc) is 2.62. The molecule has 0 unspecified atom stereocenters. The molecule has 0 aliphatic rings. The molecule has 0 saturated carbocycles. The lowest BCUT2D eigenvalue weighted by Crippen LogP contribution is -2.18. The van der Waals surface area contributed by atoms with Crippen molar-refractivity contribution in [3.63, 3.8) is 0 Å². The third-order valence-corrected chi connectivity index (χ3v) is 3.30. The van der Waals surface area contributed by atoms with Crippen molar-refractivity contribution < 1.29 is 18.0 Å². The highest BCUT2D eigenvalue weighted by atomic mass is 19.4. The molecular weight excluding hydrogens is 333 g/mol. The first kappa shape index (κ1) is 16.6. The molecule has 2 aromatic heterocycles. The number of carbonyl (C=O) groups is 1. The second-order valence-corrected chi connectivity index (χ2v) is 5.04. The van der Waals surface area contributed by atoms with Gasteiger partial charge < -0.3 is 5.32 Å². The topological polar surface area (TPSA) is 67.8 Å². The number of pyridine rings is 1. The molecule has 5 nitrogen and oxygen atoms in total. The molecule has 0 aliphatic carbocycles. The predicted octanol–water partition coefficient (Wildman–Crippen LogP) is 3.81. The number of hydrogen-bond acceptors (Lipinski definition) is 4. The van der Waals surface area contributed by atoms with Crippen molar-refractivity contribution in [2.24, 2.45) is 0 Å². The largest absolute Gasteiger partial charge is 0.435 e. The van der Waals surface area contributed by atoms with Crippen LogP contribution in [0.2, 0.25) is 0 Å². The Bertz CT molecular complexity index is 883. The molecule has 126 valence electrons. The fourth-order valence-corrected chi connectivity index (χ4v) is 2.15. The number of anilines is 1. The third kappa shape index (κ3) is 3.79. The molecule has 0 radical (unpaired) electrons. The third-order valence-electron chi connectivity index (χ3n) is 3.30. The van der Waals surface area contributed by atoms with Crippen LogP contribution in [0.25, 0.3) is 11.3 Å². The number of nitrogens with zero attached hydrogens (tertiary/aromatic N) is 3. The van der Waals surface area contributed by atoms with Gasteiger partial charge in [-0.3, -0.25) is 4.79 Å². The first-order valence-corrected chi connectivity index (χ1v) is 7.15. The van der Waals surface area contributed by atoms with E-state index in [1.807, 2.05) is 0 Å². The summed E-state index contributed by atoms with van der Waals surface area (Å²) in [7, 11) is 0. The number of benzene rings is 1. The fourth-order valence-electron chi connectivity index (χ4n) is 2.15. The van der Waals surface area contributed by atoms with Crippen LogP contribution in [-0.2, 0) is 6.18 Å². The van der Waals surface area contributed by atoms with Gasteiger partial charge in [-0.1, -0.05) is 18.2 Å². The smallest absolute Gasteiger partial charge is 0.320 e. The van der Waals surface area contributed by atoms with Gasteiger partial charge >= 0.3 is 6.18 Å². The monoisotopic (exact) mass is 344 g/mol. The molecule has 1 aromatic carbocycles. The van der Waals surface area contributed by atoms with E-state index in [0.29, 0.717) is 5.56 Å². The first-order chi connectivity index (χ1) is 11.9. The van der Waals surface area contributed by atoms with E-state index >= 15 is 0 Å². The van der Waals surface area contributed by atoms with E-state index in [1.165, 1.54) is 43.0 Å². The van der Waals surface area contributed by atoms with Gasteiger partial charge in [0.15, 0.2) is 5.69 Å². The molecule has 0 aliphatic heterocycles. The van der Waals surface area contributed by atoms with Crippen LogP contribution in [0, 0.1) is 0 Å². The zero-order chi connectivity index (χ0) is 17.9. The number of alkyl halides is 3. The predicted molar refractivity (Wildman–Crippen MR) is 84.7 cm³/mol. The van der Waals surface area contributed by atoms with Crippen LogP contribution in [0.4, 0.5) is 18.9 Å². The summed E-state index contributed by atoms with van der Waals surface area (Å²) in [4.78, 5) is 23.3. The maximum atomic E-state index is 13.4. The van der Waals surface area contributed by atoms with Crippen molar-refractivity contribution in [3.05, 3.63) is 72.4 Å². The lowest BCUT2D eigenvalue weighted by molar-refractivity contribution is -0.140. The van der Waals surface area contributed by atoms with Gasteiger partial charge in [0, 0.05) is 23.5 Å². The average molecular weight is 344 g/mol. The zero-order valence-corrected chi connectivity index (χ0v) is 12.7. The maximum Gasteiger partial charge on any atom is 0.435 e. The van der Waals surface area contributed by atoms with E-state index in [0.717, 1.165) is 0 Å². The van der Waals surface area contributed by atoms with E-state index in [4.69, 9.17) is 0 Å². The van der Waals surface area contributed by atoms with E-state index in [1.54, 1.807) is 18.2 Å². The molecule has 0 fully saturated rings. The Morgan fingerprint density at radius 1 is 0.960 bits per heavy atom. The Hall–Kier alpha value is -3.29. The highest BCUT2D eigenvalue weighted by Crippen LogP contribution is 2.35. The van der Waals surface area contributed by atoms with Crippen LogP contribution < -0.4 is 5.32 Å². The molecule has 1 N–H and O–H groups in total. The molecule has 8 heteroatoms. The summed E-state index contributed by atoms with van der Waals surface area (Å²) in [5.74, 6) is -0.649. The van der Waals surface area contributed by atoms with E-state index < -0.39 is 23.5 Å². The van der Waals surface area contributed by atoms with Gasteiger partial charge in [0.2, 0.25) is 0 Å². The van der Waals surface area contributed by atoms with Crippen molar-refractivity contribution in [2.75, 3.05) is 5.32 Å². The Balaban J connectivity index is 1.98. The van der Waals surface area contributed by atoms with Gasteiger partial charge in [-0.25, -0.2) is 15.0 Å². The number of aromatic nitrogens is 3. The first-order valence-electron chi connectivity index (χ1n) is 7.15. The molecule has 25 heavy (non-hydrogen) atoms. The van der Waals surface area contributed by atoms with Crippen LogP contribution in [0.5, 0.6) is 0 Å². The van der Waals surface area contributed by atoms with Gasteiger partial charge in [0.1, 0.15) is 6.33 Å². The quantitative estimate of drug-likeness (QED) is 0.784. The number of amides is 1. The minimum absolute atomic E-state index is 0.0608. The van der Waals surface area contributed by atoms with Crippen molar-refractivity contribution in [3.8, 4) is 11.3 Å². The molecule has 3 rings (SSSR count). The summed E-state index contributed by atoms with van der Waals surface area (Å²) in [5.41, 5.74) is -0.948. The molecule has 3 aromatic rings. The number of nitrogens with one attached hydrogen (secondary N) is 1. The van der Waals surface area contributed by atoms with Crippen LogP contribution >= 0.6 is 0 Å². The van der Waals surface area contributed by atoms with E-state index in [9.17, 15) is 18.0 Å². The van der Waals surface area contributed by atoms with Gasteiger partial charge in [0.25, 0.3) is 5.91 Å². The summed E-state index contributed by atoms with van der Waals surface area (Å²) >= 11 is 0. The van der Waals surface area contributed by atoms with Crippen molar-refractivity contribution >= 4 is 11.6 Å². The summed E-state index contributed by atoms with van der Waals surface area (Å²) < 4.78 is 40.1. The van der Waals surface area contributed by atoms with Crippen LogP contribution in [-0.4, -0.2) is 20.9 Å². The lowest BCUT2D eigenvalue weighted by atomic mass is 10.1. The zero-order valence-electron chi connectivity index (χ0n) is 12.7. The standard InChI is InChI=1S/C17H11F3N4O/c18-17(19,20)15-14(24-16(25)11-4-2-1-3-5-11)7-6-13(23-15)12-8-21-10-22-9-12/h1-10H,(H,24,25). The Labute approximate surface area is 140 Å². The summed E-state index contributed by atoms with van der Waals surface area (Å²) in [6.45, 7) is 0. The minimum atomic E-state index is -4.73. The molecule has 0 atom stereocenters. The Morgan fingerprint density at radius 3 is 2.28 bits per heavy atom. The Morgan fingerprint density at radius 2 is 1.64 bits per heavy atom. The van der Waals surface area contributed by atoms with Crippen molar-refractivity contribution in [1.29, 1.82) is 0 Å². The maximum absolute atomic E-state index is 13.4. The van der Waals surface area contributed by atoms with Gasteiger partial charge in [-0.15, -0.1) is 0 Å². The number of halogens is 3. The van der Waals surface area contributed by atoms with Crippen molar-refractivity contribution in [2.45, 2.75) is 6.18 Å². The second kappa shape index (κ2) is 6.68. The highest BCUT2D eigenvalue weighted by molar-refractivity contribution is 6.04. The highest BCUT2D eigenvalue weighted by Gasteiger charge is 2.36. The number of hydrogen-bond donors (Lipinski definition) is 1. The molecule has 1 amide bonds. The molecular formula is C17H11F3N4O. The van der Waals surface area contributed by atoms with Crippen molar-refractivity contribution in [1.82, 2.24) is 15.0 Å². The molecule has 2 heterocycles. The molecule has 0 spiro atoms. The molecule has 0 bridgehead atoms. The van der Waals surface area contributed by atoms with Crippen LogP contribution in [0.1, 0.15) is 16.1 Å². The second-order valence-electron chi connectivity index (χ2n) is 5.04. The minimum Gasteiger partial charge on any atom is -0.320 e. The van der Waals surface area contributed by atoms with Gasteiger partial charge in [0.05, 0.1) is 11.4 Å². The van der Waals surface area contributed by atoms with Crippen LogP contribution in [0.15, 0.2) is 61.2 Å². The number of carbonyl (C=O) groups excluding carboxylic acids is 1.